The number of morpholine rings is 1. The smallest absolute Gasteiger partial charge is 0.226 e. The molecule has 4 rings (SSSR count). The second-order valence-corrected chi connectivity index (χ2v) is 7.04. The highest BCUT2D eigenvalue weighted by Gasteiger charge is 2.16. The molecule has 0 radical (unpaired) electrons. The van der Waals surface area contributed by atoms with Crippen LogP contribution in [0.5, 0.6) is 5.88 Å². The van der Waals surface area contributed by atoms with E-state index < -0.39 is 5.97 Å². The zero-order valence-electron chi connectivity index (χ0n) is 16.5. The highest BCUT2D eigenvalue weighted by molar-refractivity contribution is 5.88. The molecule has 0 amide bonds. The van der Waals surface area contributed by atoms with E-state index in [-0.39, 0.29) is 11.4 Å². The number of nitrogens with two attached hydrogens (primary N) is 1. The van der Waals surface area contributed by atoms with Gasteiger partial charge in [0.25, 0.3) is 0 Å². The summed E-state index contributed by atoms with van der Waals surface area (Å²) < 4.78 is 12.7. The quantitative estimate of drug-likeness (QED) is 0.587. The molecule has 0 bridgehead atoms. The predicted octanol–water partition coefficient (Wildman–Crippen LogP) is 1.20. The third kappa shape index (κ3) is 4.45. The fourth-order valence-corrected chi connectivity index (χ4v) is 3.41. The molecule has 8 heteroatoms. The normalized spacial score (nSPS) is 14.5. The van der Waals surface area contributed by atoms with E-state index in [0.29, 0.717) is 37.7 Å². The Balaban J connectivity index is 1.53. The Morgan fingerprint density at radius 3 is 2.60 bits per heavy atom. The van der Waals surface area contributed by atoms with Gasteiger partial charge in [0.15, 0.2) is 0 Å². The summed E-state index contributed by atoms with van der Waals surface area (Å²) in [4.78, 5) is 13.7. The molecule has 0 aliphatic carbocycles. The molecule has 1 fully saturated rings. The minimum Gasteiger partial charge on any atom is -0.545 e. The summed E-state index contributed by atoms with van der Waals surface area (Å²) in [7, 11) is 0. The van der Waals surface area contributed by atoms with Gasteiger partial charge in [0.2, 0.25) is 5.88 Å². The highest BCUT2D eigenvalue weighted by Crippen LogP contribution is 2.26. The van der Waals surface area contributed by atoms with Crippen LogP contribution in [0.3, 0.4) is 0 Å². The van der Waals surface area contributed by atoms with Gasteiger partial charge in [0, 0.05) is 25.3 Å². The van der Waals surface area contributed by atoms with E-state index >= 15 is 0 Å². The van der Waals surface area contributed by atoms with Crippen LogP contribution in [0, 0.1) is 0 Å². The van der Waals surface area contributed by atoms with Crippen LogP contribution < -0.4 is 15.6 Å². The van der Waals surface area contributed by atoms with Crippen LogP contribution in [0.15, 0.2) is 54.7 Å². The number of aromatic nitrogens is 2. The van der Waals surface area contributed by atoms with Gasteiger partial charge in [-0.2, -0.15) is 5.10 Å². The van der Waals surface area contributed by atoms with Crippen LogP contribution in [-0.4, -0.2) is 60.1 Å². The monoisotopic (exact) mass is 407 g/mol. The summed E-state index contributed by atoms with van der Waals surface area (Å²) in [6.45, 7) is 4.08. The van der Waals surface area contributed by atoms with E-state index in [1.54, 1.807) is 0 Å². The minimum atomic E-state index is -1.32. The van der Waals surface area contributed by atoms with Gasteiger partial charge in [-0.25, -0.2) is 4.68 Å². The van der Waals surface area contributed by atoms with Gasteiger partial charge in [-0.15, -0.1) is 0 Å². The van der Waals surface area contributed by atoms with Crippen LogP contribution in [0.2, 0.25) is 0 Å². The fraction of sp³-hybridized carbons (Fsp3) is 0.273. The fourth-order valence-electron chi connectivity index (χ4n) is 3.41. The summed E-state index contributed by atoms with van der Waals surface area (Å²) in [5, 5.41) is 15.7. The van der Waals surface area contributed by atoms with Crippen molar-refractivity contribution in [1.29, 1.82) is 0 Å². The van der Waals surface area contributed by atoms with E-state index in [2.05, 4.69) is 10.00 Å². The Hall–Kier alpha value is -3.36. The Morgan fingerprint density at radius 2 is 1.90 bits per heavy atom. The summed E-state index contributed by atoms with van der Waals surface area (Å²) in [6.07, 6.45) is 1.26. The molecule has 2 N–H and O–H groups in total. The first-order valence-corrected chi connectivity index (χ1v) is 9.80. The second-order valence-electron chi connectivity index (χ2n) is 7.04. The van der Waals surface area contributed by atoms with Crippen molar-refractivity contribution < 1.29 is 19.4 Å². The molecule has 0 saturated carbocycles. The SMILES string of the molecule is Nc1cccc(-c2ccc(-n3ncc(C(=O)[O-])c3OCCN3CCOCC3)cc2)c1. The first-order valence-electron chi connectivity index (χ1n) is 9.80. The second kappa shape index (κ2) is 8.98. The number of rotatable bonds is 7. The van der Waals surface area contributed by atoms with E-state index in [1.807, 2.05) is 48.5 Å². The van der Waals surface area contributed by atoms with E-state index in [9.17, 15) is 9.90 Å². The predicted molar refractivity (Wildman–Crippen MR) is 110 cm³/mol. The molecular formula is C22H23N4O4-. The Morgan fingerprint density at radius 1 is 1.13 bits per heavy atom. The Labute approximate surface area is 174 Å². The number of carboxylic acid groups (broad SMARTS) is 1. The molecule has 8 nitrogen and oxygen atoms in total. The number of benzene rings is 2. The van der Waals surface area contributed by atoms with Gasteiger partial charge in [-0.1, -0.05) is 24.3 Å². The van der Waals surface area contributed by atoms with E-state index in [4.69, 9.17) is 15.2 Å². The summed E-state index contributed by atoms with van der Waals surface area (Å²) in [6, 6.07) is 15.2. The van der Waals surface area contributed by atoms with Gasteiger partial charge in [0.1, 0.15) is 6.61 Å². The number of hydrogen-bond donors (Lipinski definition) is 1. The van der Waals surface area contributed by atoms with Crippen LogP contribution in [-0.2, 0) is 4.74 Å². The topological polar surface area (TPSA) is 106 Å². The third-order valence-electron chi connectivity index (χ3n) is 5.03. The van der Waals surface area contributed by atoms with Crippen LogP contribution in [0.4, 0.5) is 5.69 Å². The molecule has 30 heavy (non-hydrogen) atoms. The molecule has 3 aromatic rings. The van der Waals surface area contributed by atoms with Crippen molar-refractivity contribution in [2.75, 3.05) is 45.2 Å². The minimum absolute atomic E-state index is 0.0723. The maximum Gasteiger partial charge on any atom is 0.226 e. The summed E-state index contributed by atoms with van der Waals surface area (Å²) in [5.74, 6) is -1.15. The van der Waals surface area contributed by atoms with Gasteiger partial charge in [0.05, 0.1) is 36.6 Å². The Bertz CT molecular complexity index is 1010. The summed E-state index contributed by atoms with van der Waals surface area (Å²) >= 11 is 0. The number of carboxylic acids is 1. The van der Waals surface area contributed by atoms with Crippen molar-refractivity contribution in [3.63, 3.8) is 0 Å². The van der Waals surface area contributed by atoms with Gasteiger partial charge in [-0.05, 0) is 35.4 Å². The molecule has 1 aliphatic rings. The van der Waals surface area contributed by atoms with E-state index in [0.717, 1.165) is 24.2 Å². The molecule has 1 aromatic heterocycles. The van der Waals surface area contributed by atoms with Crippen molar-refractivity contribution in [2.45, 2.75) is 0 Å². The maximum absolute atomic E-state index is 11.5. The van der Waals surface area contributed by atoms with Crippen molar-refractivity contribution in [2.24, 2.45) is 0 Å². The van der Waals surface area contributed by atoms with E-state index in [1.165, 1.54) is 10.9 Å². The first-order chi connectivity index (χ1) is 14.6. The number of aromatic carboxylic acids is 1. The number of nitrogen functional groups attached to an aromatic ring is 1. The number of carbonyl (C=O) groups is 1. The number of ether oxygens (including phenoxy) is 2. The molecular weight excluding hydrogens is 384 g/mol. The lowest BCUT2D eigenvalue weighted by molar-refractivity contribution is -0.255. The molecule has 1 aliphatic heterocycles. The van der Waals surface area contributed by atoms with Crippen molar-refractivity contribution in [3.05, 3.63) is 60.3 Å². The molecule has 2 heterocycles. The van der Waals surface area contributed by atoms with Gasteiger partial charge < -0.3 is 25.1 Å². The van der Waals surface area contributed by atoms with Crippen LogP contribution >= 0.6 is 0 Å². The molecule has 2 aromatic carbocycles. The summed E-state index contributed by atoms with van der Waals surface area (Å²) in [5.41, 5.74) is 9.17. The first kappa shape index (κ1) is 19.9. The van der Waals surface area contributed by atoms with Crippen LogP contribution in [0.25, 0.3) is 16.8 Å². The third-order valence-corrected chi connectivity index (χ3v) is 5.03. The Kier molecular flexibility index (Phi) is 5.97. The average molecular weight is 407 g/mol. The van der Waals surface area contributed by atoms with Crippen LogP contribution in [0.1, 0.15) is 10.4 Å². The zero-order valence-corrected chi connectivity index (χ0v) is 16.5. The lowest BCUT2D eigenvalue weighted by Gasteiger charge is -2.26. The lowest BCUT2D eigenvalue weighted by Crippen LogP contribution is -2.38. The average Bonchev–Trinajstić information content (AvgIpc) is 3.19. The van der Waals surface area contributed by atoms with Gasteiger partial charge >= 0.3 is 0 Å². The number of nitrogens with zero attached hydrogens (tertiary/aromatic N) is 3. The number of carbonyl (C=O) groups excluding carboxylic acids is 1. The number of anilines is 1. The largest absolute Gasteiger partial charge is 0.545 e. The molecule has 156 valence electrons. The maximum atomic E-state index is 11.5. The van der Waals surface area contributed by atoms with Gasteiger partial charge in [-0.3, -0.25) is 4.90 Å². The number of hydrogen-bond acceptors (Lipinski definition) is 7. The van der Waals surface area contributed by atoms with Crippen molar-refractivity contribution in [3.8, 4) is 22.7 Å². The molecule has 0 spiro atoms. The lowest BCUT2D eigenvalue weighted by atomic mass is 10.0. The van der Waals surface area contributed by atoms with Crippen molar-refractivity contribution in [1.82, 2.24) is 14.7 Å². The van der Waals surface area contributed by atoms with Crippen molar-refractivity contribution >= 4 is 11.7 Å². The molecule has 0 unspecified atom stereocenters. The molecule has 1 saturated heterocycles. The standard InChI is InChI=1S/C22H24N4O4/c23-18-3-1-2-17(14-18)16-4-6-19(7-5-16)26-21(20(15-24-26)22(27)28)30-13-10-25-8-11-29-12-9-25/h1-7,14-15H,8-13,23H2,(H,27,28)/p-1. The highest BCUT2D eigenvalue weighted by atomic mass is 16.5. The zero-order chi connectivity index (χ0) is 20.9. The molecule has 0 atom stereocenters.